The summed E-state index contributed by atoms with van der Waals surface area (Å²) < 4.78 is 8.00. The van der Waals surface area contributed by atoms with Crippen LogP contribution in [0.4, 0.5) is 11.6 Å². The van der Waals surface area contributed by atoms with Gasteiger partial charge in [0.05, 0.1) is 18.3 Å². The van der Waals surface area contributed by atoms with Crippen molar-refractivity contribution in [1.29, 1.82) is 0 Å². The lowest BCUT2D eigenvalue weighted by atomic mass is 9.96. The number of fused-ring (bicyclic) bond motifs is 1. The van der Waals surface area contributed by atoms with Gasteiger partial charge in [-0.25, -0.2) is 4.98 Å². The number of pyridine rings is 1. The number of aliphatic hydroxyl groups is 1. The lowest BCUT2D eigenvalue weighted by Crippen LogP contribution is -2.49. The molecule has 0 radical (unpaired) electrons. The molecule has 0 spiro atoms. The number of aliphatic hydroxyl groups excluding tert-OH is 1. The Kier molecular flexibility index (Phi) is 7.31. The number of aryl methyl sites for hydroxylation is 1. The predicted molar refractivity (Wildman–Crippen MR) is 134 cm³/mol. The molecule has 1 fully saturated rings. The van der Waals surface area contributed by atoms with Gasteiger partial charge in [-0.05, 0) is 57.0 Å². The maximum absolute atomic E-state index is 10.9. The maximum Gasteiger partial charge on any atom is 0.183 e. The summed E-state index contributed by atoms with van der Waals surface area (Å²) in [7, 11) is -1.60. The lowest BCUT2D eigenvalue weighted by Gasteiger charge is -2.40. The van der Waals surface area contributed by atoms with Crippen molar-refractivity contribution in [2.75, 3.05) is 23.4 Å². The standard InChI is InChI=1S/C24H36N6O2Si/c1-5-19-17-27-30-22(26-16-18-8-6-11-25-15-18)14-23(28-24(19)30)29-12-7-9-21(31)20(29)10-13-32-33(2,3)4/h6,8,11,14-15,17,20-21,26,31H,5,7,9-10,12-13,16H2,1-4H3. The molecule has 3 aromatic rings. The summed E-state index contributed by atoms with van der Waals surface area (Å²) in [4.78, 5) is 11.5. The highest BCUT2D eigenvalue weighted by molar-refractivity contribution is 6.69. The third kappa shape index (κ3) is 5.71. The van der Waals surface area contributed by atoms with Crippen LogP contribution in [0.5, 0.6) is 0 Å². The molecule has 178 valence electrons. The van der Waals surface area contributed by atoms with Gasteiger partial charge in [-0.2, -0.15) is 9.61 Å². The number of hydrogen-bond acceptors (Lipinski definition) is 7. The van der Waals surface area contributed by atoms with Crippen LogP contribution >= 0.6 is 0 Å². The summed E-state index contributed by atoms with van der Waals surface area (Å²) in [5.74, 6) is 1.76. The van der Waals surface area contributed by atoms with Crippen molar-refractivity contribution >= 4 is 25.6 Å². The summed E-state index contributed by atoms with van der Waals surface area (Å²) in [5.41, 5.74) is 3.07. The highest BCUT2D eigenvalue weighted by Gasteiger charge is 2.32. The maximum atomic E-state index is 10.9. The second-order valence-corrected chi connectivity index (χ2v) is 14.2. The average Bonchev–Trinajstić information content (AvgIpc) is 3.21. The highest BCUT2D eigenvalue weighted by Crippen LogP contribution is 2.29. The molecule has 1 aliphatic rings. The molecule has 0 bridgehead atoms. The van der Waals surface area contributed by atoms with E-state index >= 15 is 0 Å². The minimum atomic E-state index is -1.60. The van der Waals surface area contributed by atoms with Gasteiger partial charge in [-0.1, -0.05) is 13.0 Å². The third-order valence-corrected chi connectivity index (χ3v) is 7.17. The van der Waals surface area contributed by atoms with Gasteiger partial charge < -0.3 is 19.7 Å². The van der Waals surface area contributed by atoms with Crippen molar-refractivity contribution < 1.29 is 9.53 Å². The van der Waals surface area contributed by atoms with Gasteiger partial charge in [0.1, 0.15) is 11.6 Å². The Bertz CT molecular complexity index is 1050. The zero-order valence-electron chi connectivity index (χ0n) is 20.2. The first-order valence-corrected chi connectivity index (χ1v) is 15.4. The van der Waals surface area contributed by atoms with Gasteiger partial charge >= 0.3 is 0 Å². The summed E-state index contributed by atoms with van der Waals surface area (Å²) in [6, 6.07) is 6.04. The molecule has 2 atom stereocenters. The molecule has 8 nitrogen and oxygen atoms in total. The SMILES string of the molecule is CCc1cnn2c(NCc3cccnc3)cc(N3CCCC(O)C3CCO[Si](C)(C)C)nc12. The molecule has 0 aliphatic carbocycles. The number of hydrogen-bond donors (Lipinski definition) is 2. The minimum absolute atomic E-state index is 0.00998. The largest absolute Gasteiger partial charge is 0.418 e. The van der Waals surface area contributed by atoms with Crippen molar-refractivity contribution in [3.05, 3.63) is 47.9 Å². The summed E-state index contributed by atoms with van der Waals surface area (Å²) in [6.07, 6.45) is 8.56. The minimum Gasteiger partial charge on any atom is -0.418 e. The van der Waals surface area contributed by atoms with Crippen LogP contribution in [-0.2, 0) is 17.4 Å². The third-order valence-electron chi connectivity index (χ3n) is 6.10. The van der Waals surface area contributed by atoms with Crippen LogP contribution in [-0.4, -0.2) is 58.3 Å². The highest BCUT2D eigenvalue weighted by atomic mass is 28.4. The van der Waals surface area contributed by atoms with Crippen LogP contribution in [0.1, 0.15) is 37.3 Å². The summed E-state index contributed by atoms with van der Waals surface area (Å²) in [5, 5.41) is 19.0. The zero-order valence-corrected chi connectivity index (χ0v) is 21.2. The molecule has 0 saturated carbocycles. The van der Waals surface area contributed by atoms with Crippen LogP contribution < -0.4 is 10.2 Å². The zero-order chi connectivity index (χ0) is 23.4. The molecular formula is C24H36N6O2Si. The van der Waals surface area contributed by atoms with E-state index in [1.54, 1.807) is 6.20 Å². The molecule has 33 heavy (non-hydrogen) atoms. The molecule has 2 unspecified atom stereocenters. The second kappa shape index (κ2) is 10.2. The lowest BCUT2D eigenvalue weighted by molar-refractivity contribution is 0.0997. The van der Waals surface area contributed by atoms with E-state index in [1.165, 1.54) is 0 Å². The smallest absolute Gasteiger partial charge is 0.183 e. The van der Waals surface area contributed by atoms with E-state index in [0.29, 0.717) is 13.2 Å². The quantitative estimate of drug-likeness (QED) is 0.461. The van der Waals surface area contributed by atoms with Gasteiger partial charge in [0.2, 0.25) is 0 Å². The van der Waals surface area contributed by atoms with E-state index in [1.807, 2.05) is 23.0 Å². The number of nitrogens with one attached hydrogen (secondary N) is 1. The first kappa shape index (κ1) is 23.7. The fourth-order valence-electron chi connectivity index (χ4n) is 4.37. The van der Waals surface area contributed by atoms with Gasteiger partial charge in [0, 0.05) is 43.7 Å². The predicted octanol–water partition coefficient (Wildman–Crippen LogP) is 3.87. The number of nitrogens with zero attached hydrogens (tertiary/aromatic N) is 5. The number of rotatable bonds is 9. The molecular weight excluding hydrogens is 432 g/mol. The van der Waals surface area contributed by atoms with Crippen LogP contribution in [0.15, 0.2) is 36.8 Å². The number of piperidine rings is 1. The van der Waals surface area contributed by atoms with Crippen LogP contribution in [0, 0.1) is 0 Å². The average molecular weight is 469 g/mol. The molecule has 2 N–H and O–H groups in total. The van der Waals surface area contributed by atoms with Crippen LogP contribution in [0.3, 0.4) is 0 Å². The topological polar surface area (TPSA) is 87.8 Å². The van der Waals surface area contributed by atoms with Gasteiger partial charge in [0.25, 0.3) is 0 Å². The van der Waals surface area contributed by atoms with Crippen LogP contribution in [0.2, 0.25) is 19.6 Å². The Balaban J connectivity index is 1.64. The Morgan fingerprint density at radius 3 is 2.85 bits per heavy atom. The summed E-state index contributed by atoms with van der Waals surface area (Å²) in [6.45, 7) is 10.9. The summed E-state index contributed by atoms with van der Waals surface area (Å²) >= 11 is 0. The van der Waals surface area contributed by atoms with Crippen molar-refractivity contribution in [3.8, 4) is 0 Å². The fraction of sp³-hybridized carbons (Fsp3) is 0.542. The van der Waals surface area contributed by atoms with Gasteiger partial charge in [-0.15, -0.1) is 0 Å². The first-order chi connectivity index (χ1) is 15.9. The van der Waals surface area contributed by atoms with Crippen molar-refractivity contribution in [1.82, 2.24) is 19.6 Å². The fourth-order valence-corrected chi connectivity index (χ4v) is 5.10. The first-order valence-electron chi connectivity index (χ1n) is 11.9. The molecule has 0 aromatic carbocycles. The molecule has 4 rings (SSSR count). The number of aromatic nitrogens is 4. The van der Waals surface area contributed by atoms with Crippen molar-refractivity contribution in [2.24, 2.45) is 0 Å². The van der Waals surface area contributed by atoms with Gasteiger partial charge in [0.15, 0.2) is 14.0 Å². The van der Waals surface area contributed by atoms with Crippen LogP contribution in [0.25, 0.3) is 5.65 Å². The van der Waals surface area contributed by atoms with Crippen molar-refractivity contribution in [2.45, 2.75) is 70.9 Å². The Hall–Kier alpha value is -2.49. The molecule has 0 amide bonds. The van der Waals surface area contributed by atoms with E-state index in [-0.39, 0.29) is 12.1 Å². The van der Waals surface area contributed by atoms with Gasteiger partial charge in [-0.3, -0.25) is 4.98 Å². The van der Waals surface area contributed by atoms with E-state index in [0.717, 1.165) is 60.6 Å². The van der Waals surface area contributed by atoms with E-state index < -0.39 is 8.32 Å². The monoisotopic (exact) mass is 468 g/mol. The molecule has 3 aromatic heterocycles. The number of anilines is 2. The molecule has 1 aliphatic heterocycles. The second-order valence-electron chi connectivity index (χ2n) is 9.69. The molecule has 1 saturated heterocycles. The van der Waals surface area contributed by atoms with E-state index in [4.69, 9.17) is 9.41 Å². The Labute approximate surface area is 197 Å². The van der Waals surface area contributed by atoms with E-state index in [9.17, 15) is 5.11 Å². The Morgan fingerprint density at radius 2 is 2.12 bits per heavy atom. The Morgan fingerprint density at radius 1 is 1.27 bits per heavy atom. The molecule has 4 heterocycles. The van der Waals surface area contributed by atoms with E-state index in [2.05, 4.69) is 59.0 Å². The van der Waals surface area contributed by atoms with Crippen molar-refractivity contribution in [3.63, 3.8) is 0 Å². The normalized spacial score (nSPS) is 19.2. The molecule has 9 heteroatoms.